The summed E-state index contributed by atoms with van der Waals surface area (Å²) in [7, 11) is 0. The van der Waals surface area contributed by atoms with E-state index in [1.54, 1.807) is 12.4 Å². The van der Waals surface area contributed by atoms with E-state index in [9.17, 15) is 4.39 Å². The highest BCUT2D eigenvalue weighted by atomic mass is 35.5. The lowest BCUT2D eigenvalue weighted by molar-refractivity contribution is 0.622. The van der Waals surface area contributed by atoms with Crippen LogP contribution in [0, 0.1) is 5.82 Å². The third-order valence-corrected chi connectivity index (χ3v) is 4.38. The molecular weight excluding hydrogens is 335 g/mol. The number of hydrogen-bond donors (Lipinski definition) is 1. The molecule has 25 heavy (non-hydrogen) atoms. The Morgan fingerprint density at radius 1 is 1.16 bits per heavy atom. The molecule has 3 aromatic rings. The van der Waals surface area contributed by atoms with Gasteiger partial charge in [0, 0.05) is 28.0 Å². The SMILES string of the molecule is C=CNc1ccc(-c2c(Cl)cccc2-c2cncc(F)c2)cc1CC. The average Bonchev–Trinajstić information content (AvgIpc) is 2.62. The summed E-state index contributed by atoms with van der Waals surface area (Å²) in [4.78, 5) is 3.96. The van der Waals surface area contributed by atoms with E-state index in [2.05, 4.69) is 29.9 Å². The third kappa shape index (κ3) is 3.57. The number of rotatable bonds is 5. The summed E-state index contributed by atoms with van der Waals surface area (Å²) in [5, 5.41) is 3.76. The number of nitrogens with zero attached hydrogens (tertiary/aromatic N) is 1. The molecule has 1 aromatic heterocycles. The van der Waals surface area contributed by atoms with Crippen molar-refractivity contribution in [3.8, 4) is 22.3 Å². The molecule has 0 bridgehead atoms. The maximum Gasteiger partial charge on any atom is 0.142 e. The molecule has 0 aliphatic heterocycles. The molecule has 0 amide bonds. The summed E-state index contributed by atoms with van der Waals surface area (Å²) in [5.74, 6) is -0.372. The van der Waals surface area contributed by atoms with Crippen molar-refractivity contribution in [3.63, 3.8) is 0 Å². The minimum absolute atomic E-state index is 0.372. The van der Waals surface area contributed by atoms with E-state index in [4.69, 9.17) is 11.6 Å². The quantitative estimate of drug-likeness (QED) is 0.580. The molecule has 4 heteroatoms. The first kappa shape index (κ1) is 17.2. The zero-order chi connectivity index (χ0) is 17.8. The van der Waals surface area contributed by atoms with Crippen molar-refractivity contribution in [1.82, 2.24) is 4.98 Å². The molecule has 1 heterocycles. The van der Waals surface area contributed by atoms with E-state index in [1.807, 2.05) is 30.3 Å². The van der Waals surface area contributed by atoms with Gasteiger partial charge in [0.2, 0.25) is 0 Å². The minimum Gasteiger partial charge on any atom is -0.362 e. The van der Waals surface area contributed by atoms with Crippen molar-refractivity contribution in [2.75, 3.05) is 5.32 Å². The van der Waals surface area contributed by atoms with Crippen molar-refractivity contribution >= 4 is 17.3 Å². The van der Waals surface area contributed by atoms with Crippen LogP contribution in [0.5, 0.6) is 0 Å². The molecule has 0 saturated heterocycles. The van der Waals surface area contributed by atoms with Crippen LogP contribution in [0.25, 0.3) is 22.3 Å². The second-order valence-electron chi connectivity index (χ2n) is 5.63. The second-order valence-corrected chi connectivity index (χ2v) is 6.04. The van der Waals surface area contributed by atoms with Gasteiger partial charge >= 0.3 is 0 Å². The number of halogens is 2. The maximum atomic E-state index is 13.6. The van der Waals surface area contributed by atoms with Crippen molar-refractivity contribution in [1.29, 1.82) is 0 Å². The van der Waals surface area contributed by atoms with Crippen LogP contribution >= 0.6 is 11.6 Å². The van der Waals surface area contributed by atoms with Gasteiger partial charge in [0.05, 0.1) is 6.20 Å². The molecule has 126 valence electrons. The molecule has 3 rings (SSSR count). The number of benzene rings is 2. The first-order valence-electron chi connectivity index (χ1n) is 8.04. The number of hydrogen-bond acceptors (Lipinski definition) is 2. The van der Waals surface area contributed by atoms with Crippen molar-refractivity contribution in [2.24, 2.45) is 0 Å². The lowest BCUT2D eigenvalue weighted by Crippen LogP contribution is -1.95. The minimum atomic E-state index is -0.372. The van der Waals surface area contributed by atoms with Gasteiger partial charge in [-0.15, -0.1) is 0 Å². The summed E-state index contributed by atoms with van der Waals surface area (Å²) in [6.07, 6.45) is 5.37. The van der Waals surface area contributed by atoms with Crippen molar-refractivity contribution < 1.29 is 4.39 Å². The molecule has 0 aliphatic rings. The van der Waals surface area contributed by atoms with Crippen LogP contribution in [0.4, 0.5) is 10.1 Å². The molecule has 0 radical (unpaired) electrons. The Hall–Kier alpha value is -2.65. The van der Waals surface area contributed by atoms with Crippen LogP contribution in [0.1, 0.15) is 12.5 Å². The predicted octanol–water partition coefficient (Wildman–Crippen LogP) is 6.33. The molecule has 1 N–H and O–H groups in total. The molecule has 0 saturated carbocycles. The predicted molar refractivity (Wildman–Crippen MR) is 103 cm³/mol. The normalized spacial score (nSPS) is 10.5. The van der Waals surface area contributed by atoms with Crippen LogP contribution in [-0.2, 0) is 6.42 Å². The molecule has 0 atom stereocenters. The van der Waals surface area contributed by atoms with Crippen LogP contribution in [0.15, 0.2) is 67.6 Å². The first-order chi connectivity index (χ1) is 12.1. The van der Waals surface area contributed by atoms with Gasteiger partial charge in [-0.1, -0.05) is 43.3 Å². The number of pyridine rings is 1. The van der Waals surface area contributed by atoms with Crippen molar-refractivity contribution in [2.45, 2.75) is 13.3 Å². The standard InChI is InChI=1S/C21H18ClFN2/c1-3-14-10-15(8-9-20(14)25-4-2)21-18(6-5-7-19(21)22)16-11-17(23)13-24-12-16/h4-13,25H,2-3H2,1H3. The Bertz CT molecular complexity index is 922. The molecule has 0 fully saturated rings. The Morgan fingerprint density at radius 2 is 2.00 bits per heavy atom. The Labute approximate surface area is 152 Å². The maximum absolute atomic E-state index is 13.6. The number of aryl methyl sites for hydroxylation is 1. The summed E-state index contributed by atoms with van der Waals surface area (Å²) in [5.41, 5.74) is 5.57. The van der Waals surface area contributed by atoms with E-state index in [1.165, 1.54) is 12.3 Å². The van der Waals surface area contributed by atoms with Crippen LogP contribution in [-0.4, -0.2) is 4.98 Å². The summed E-state index contributed by atoms with van der Waals surface area (Å²) >= 11 is 6.50. The highest BCUT2D eigenvalue weighted by Crippen LogP contribution is 2.38. The topological polar surface area (TPSA) is 24.9 Å². The Morgan fingerprint density at radius 3 is 2.72 bits per heavy atom. The molecule has 0 aliphatic carbocycles. The fourth-order valence-electron chi connectivity index (χ4n) is 2.91. The fourth-order valence-corrected chi connectivity index (χ4v) is 3.19. The van der Waals surface area contributed by atoms with Gasteiger partial charge in [-0.3, -0.25) is 4.98 Å². The lowest BCUT2D eigenvalue weighted by atomic mass is 9.93. The van der Waals surface area contributed by atoms with Gasteiger partial charge in [-0.25, -0.2) is 4.39 Å². The Balaban J connectivity index is 2.19. The van der Waals surface area contributed by atoms with Crippen LogP contribution in [0.2, 0.25) is 5.02 Å². The van der Waals surface area contributed by atoms with E-state index < -0.39 is 0 Å². The number of anilines is 1. The third-order valence-electron chi connectivity index (χ3n) is 4.06. The van der Waals surface area contributed by atoms with Crippen LogP contribution in [0.3, 0.4) is 0 Å². The largest absolute Gasteiger partial charge is 0.362 e. The van der Waals surface area contributed by atoms with Gasteiger partial charge in [0.25, 0.3) is 0 Å². The highest BCUT2D eigenvalue weighted by Gasteiger charge is 2.13. The summed E-state index contributed by atoms with van der Waals surface area (Å²) in [6.45, 7) is 5.81. The van der Waals surface area contributed by atoms with Gasteiger partial charge in [-0.05, 0) is 53.6 Å². The zero-order valence-electron chi connectivity index (χ0n) is 13.9. The smallest absolute Gasteiger partial charge is 0.142 e. The summed E-state index contributed by atoms with van der Waals surface area (Å²) in [6, 6.07) is 13.2. The lowest BCUT2D eigenvalue weighted by Gasteiger charge is -2.15. The van der Waals surface area contributed by atoms with E-state index in [-0.39, 0.29) is 5.82 Å². The van der Waals surface area contributed by atoms with E-state index in [0.717, 1.165) is 34.4 Å². The average molecular weight is 353 g/mol. The highest BCUT2D eigenvalue weighted by molar-refractivity contribution is 6.34. The second kappa shape index (κ2) is 7.49. The van der Waals surface area contributed by atoms with E-state index >= 15 is 0 Å². The van der Waals surface area contributed by atoms with Gasteiger partial charge in [0.15, 0.2) is 0 Å². The molecular formula is C21H18ClFN2. The number of aromatic nitrogens is 1. The fraction of sp³-hybridized carbons (Fsp3) is 0.0952. The first-order valence-corrected chi connectivity index (χ1v) is 8.42. The van der Waals surface area contributed by atoms with Gasteiger partial charge in [-0.2, -0.15) is 0 Å². The zero-order valence-corrected chi connectivity index (χ0v) is 14.6. The monoisotopic (exact) mass is 352 g/mol. The van der Waals surface area contributed by atoms with Gasteiger partial charge in [0.1, 0.15) is 5.82 Å². The number of nitrogens with one attached hydrogen (secondary N) is 1. The molecule has 2 aromatic carbocycles. The molecule has 0 unspecified atom stereocenters. The van der Waals surface area contributed by atoms with Crippen LogP contribution < -0.4 is 5.32 Å². The summed E-state index contributed by atoms with van der Waals surface area (Å²) < 4.78 is 13.6. The molecule has 2 nitrogen and oxygen atoms in total. The molecule has 0 spiro atoms. The van der Waals surface area contributed by atoms with Crippen molar-refractivity contribution in [3.05, 3.63) is 84.0 Å². The Kier molecular flexibility index (Phi) is 5.15. The van der Waals surface area contributed by atoms with E-state index in [0.29, 0.717) is 10.6 Å². The van der Waals surface area contributed by atoms with Gasteiger partial charge < -0.3 is 5.32 Å².